The van der Waals surface area contributed by atoms with Gasteiger partial charge < -0.3 is 0 Å². The van der Waals surface area contributed by atoms with E-state index < -0.39 is 12.8 Å². The highest BCUT2D eigenvalue weighted by Crippen LogP contribution is 2.17. The topological polar surface area (TPSA) is 34.1 Å². The highest BCUT2D eigenvalue weighted by atomic mass is 127. The molecule has 0 bridgehead atoms. The minimum absolute atomic E-state index is 0.00176. The molecule has 0 N–H and O–H groups in total. The van der Waals surface area contributed by atoms with Crippen molar-refractivity contribution in [2.45, 2.75) is 4.90 Å². The van der Waals surface area contributed by atoms with Gasteiger partial charge in [-0.3, -0.25) is 0 Å². The molecule has 0 radical (unpaired) electrons. The summed E-state index contributed by atoms with van der Waals surface area (Å²) in [5, 5.41) is 0. The minimum Gasteiger partial charge on any atom is -0.213 e. The van der Waals surface area contributed by atoms with Crippen molar-refractivity contribution in [1.82, 2.24) is 0 Å². The van der Waals surface area contributed by atoms with Crippen LogP contribution in [0, 0.1) is 5.82 Å². The SMILES string of the molecule is O=S(=O)(I)c1cccc(F)c1. The summed E-state index contributed by atoms with van der Waals surface area (Å²) in [5.74, 6) is -0.539. The molecule has 0 atom stereocenters. The van der Waals surface area contributed by atoms with Crippen molar-refractivity contribution in [2.75, 3.05) is 0 Å². The van der Waals surface area contributed by atoms with Gasteiger partial charge in [-0.1, -0.05) is 6.07 Å². The Morgan fingerprint density at radius 3 is 2.36 bits per heavy atom. The first-order valence-corrected chi connectivity index (χ1v) is 6.73. The Kier molecular flexibility index (Phi) is 2.48. The van der Waals surface area contributed by atoms with E-state index in [1.54, 1.807) is 0 Å². The molecule has 5 heteroatoms. The van der Waals surface area contributed by atoms with Crippen LogP contribution < -0.4 is 0 Å². The van der Waals surface area contributed by atoms with Crippen molar-refractivity contribution in [3.63, 3.8) is 0 Å². The van der Waals surface area contributed by atoms with Crippen LogP contribution in [0.4, 0.5) is 4.39 Å². The molecule has 0 aromatic heterocycles. The summed E-state index contributed by atoms with van der Waals surface area (Å²) in [5.41, 5.74) is 0. The summed E-state index contributed by atoms with van der Waals surface area (Å²) in [6, 6.07) is 4.90. The Bertz CT molecular complexity index is 361. The summed E-state index contributed by atoms with van der Waals surface area (Å²) in [7, 11) is -3.30. The van der Waals surface area contributed by atoms with Crippen LogP contribution in [0.1, 0.15) is 0 Å². The number of hydrogen-bond donors (Lipinski definition) is 0. The van der Waals surface area contributed by atoms with Gasteiger partial charge in [0.1, 0.15) is 5.82 Å². The molecular formula is C6H4FIO2S. The zero-order valence-corrected chi connectivity index (χ0v) is 8.26. The number of halogens is 2. The van der Waals surface area contributed by atoms with E-state index in [0.717, 1.165) is 6.07 Å². The van der Waals surface area contributed by atoms with Gasteiger partial charge in [-0.05, 0) is 18.2 Å². The molecule has 1 aromatic rings. The van der Waals surface area contributed by atoms with Crippen molar-refractivity contribution in [2.24, 2.45) is 0 Å². The Hall–Kier alpha value is -0.170. The smallest absolute Gasteiger partial charge is 0.213 e. The average molecular weight is 286 g/mol. The Labute approximate surface area is 75.9 Å². The third-order valence-electron chi connectivity index (χ3n) is 1.08. The van der Waals surface area contributed by atoms with Crippen LogP contribution in [-0.4, -0.2) is 8.42 Å². The minimum atomic E-state index is -3.30. The van der Waals surface area contributed by atoms with E-state index in [2.05, 4.69) is 0 Å². The number of rotatable bonds is 1. The van der Waals surface area contributed by atoms with Crippen LogP contribution in [0.2, 0.25) is 0 Å². The molecule has 1 rings (SSSR count). The van der Waals surface area contributed by atoms with Gasteiger partial charge in [-0.15, -0.1) is 0 Å². The Morgan fingerprint density at radius 1 is 1.36 bits per heavy atom. The lowest BCUT2D eigenvalue weighted by Crippen LogP contribution is -1.89. The van der Waals surface area contributed by atoms with E-state index in [9.17, 15) is 12.8 Å². The largest absolute Gasteiger partial charge is 0.231 e. The molecule has 0 spiro atoms. The summed E-state index contributed by atoms with van der Waals surface area (Å²) in [6.45, 7) is 0. The molecule has 0 aliphatic heterocycles. The Morgan fingerprint density at radius 2 is 2.00 bits per heavy atom. The molecular weight excluding hydrogens is 282 g/mol. The van der Waals surface area contributed by atoms with Crippen LogP contribution in [0.25, 0.3) is 0 Å². The van der Waals surface area contributed by atoms with Gasteiger partial charge in [-0.25, -0.2) is 12.8 Å². The predicted octanol–water partition coefficient (Wildman–Crippen LogP) is 1.95. The van der Waals surface area contributed by atoms with E-state index in [1.807, 2.05) is 0 Å². The number of benzene rings is 1. The maximum Gasteiger partial charge on any atom is 0.231 e. The summed E-state index contributed by atoms with van der Waals surface area (Å²) < 4.78 is 34.0. The lowest BCUT2D eigenvalue weighted by atomic mass is 10.4. The van der Waals surface area contributed by atoms with Gasteiger partial charge >= 0.3 is 0 Å². The van der Waals surface area contributed by atoms with Crippen molar-refractivity contribution < 1.29 is 12.8 Å². The van der Waals surface area contributed by atoms with Crippen LogP contribution in [0.3, 0.4) is 0 Å². The quantitative estimate of drug-likeness (QED) is 0.584. The maximum absolute atomic E-state index is 12.4. The molecule has 2 nitrogen and oxygen atoms in total. The molecule has 0 aliphatic carbocycles. The van der Waals surface area contributed by atoms with Crippen molar-refractivity contribution in [1.29, 1.82) is 0 Å². The highest BCUT2D eigenvalue weighted by molar-refractivity contribution is 14.2. The standard InChI is InChI=1S/C6H4FIO2S/c7-5-2-1-3-6(4-5)11(8,9)10/h1-4H. The fourth-order valence-corrected chi connectivity index (χ4v) is 1.93. The van der Waals surface area contributed by atoms with Gasteiger partial charge in [0, 0.05) is 0 Å². The highest BCUT2D eigenvalue weighted by Gasteiger charge is 2.08. The van der Waals surface area contributed by atoms with Crippen molar-refractivity contribution in [3.05, 3.63) is 30.1 Å². The second-order valence-electron chi connectivity index (χ2n) is 1.90. The van der Waals surface area contributed by atoms with Gasteiger partial charge in [0.15, 0.2) is 0 Å². The van der Waals surface area contributed by atoms with Gasteiger partial charge in [0.05, 0.1) is 26.1 Å². The van der Waals surface area contributed by atoms with E-state index in [0.29, 0.717) is 0 Å². The van der Waals surface area contributed by atoms with Crippen molar-refractivity contribution in [3.8, 4) is 0 Å². The normalized spacial score (nSPS) is 11.5. The van der Waals surface area contributed by atoms with E-state index >= 15 is 0 Å². The summed E-state index contributed by atoms with van der Waals surface area (Å²) in [6.07, 6.45) is 0. The first-order chi connectivity index (χ1) is 5.00. The Balaban J connectivity index is 3.28. The molecule has 0 heterocycles. The summed E-state index contributed by atoms with van der Waals surface area (Å²) >= 11 is 1.26. The first kappa shape index (κ1) is 8.92. The molecule has 1 aromatic carbocycles. The van der Waals surface area contributed by atoms with Crippen LogP contribution in [-0.2, 0) is 7.01 Å². The predicted molar refractivity (Wildman–Crippen MR) is 47.6 cm³/mol. The molecule has 0 saturated heterocycles. The zero-order chi connectivity index (χ0) is 8.48. The molecule has 11 heavy (non-hydrogen) atoms. The number of hydrogen-bond acceptors (Lipinski definition) is 2. The monoisotopic (exact) mass is 286 g/mol. The fraction of sp³-hybridized carbons (Fsp3) is 0. The average Bonchev–Trinajstić information content (AvgIpc) is 1.86. The fourth-order valence-electron chi connectivity index (χ4n) is 0.619. The molecule has 0 saturated carbocycles. The molecule has 0 aliphatic rings. The van der Waals surface area contributed by atoms with Crippen LogP contribution in [0.15, 0.2) is 29.2 Å². The van der Waals surface area contributed by atoms with E-state index in [-0.39, 0.29) is 4.90 Å². The van der Waals surface area contributed by atoms with E-state index in [4.69, 9.17) is 0 Å². The molecule has 0 amide bonds. The lowest BCUT2D eigenvalue weighted by Gasteiger charge is -1.94. The van der Waals surface area contributed by atoms with Gasteiger partial charge in [0.2, 0.25) is 7.01 Å². The third-order valence-corrected chi connectivity index (χ3v) is 3.42. The zero-order valence-electron chi connectivity index (χ0n) is 5.29. The van der Waals surface area contributed by atoms with Crippen LogP contribution in [0.5, 0.6) is 0 Å². The van der Waals surface area contributed by atoms with Gasteiger partial charge in [0.25, 0.3) is 0 Å². The van der Waals surface area contributed by atoms with Gasteiger partial charge in [-0.2, -0.15) is 0 Å². The third kappa shape index (κ3) is 2.41. The molecule has 0 fully saturated rings. The second kappa shape index (κ2) is 3.06. The first-order valence-electron chi connectivity index (χ1n) is 2.70. The summed E-state index contributed by atoms with van der Waals surface area (Å²) in [4.78, 5) is -0.00176. The molecule has 0 unspecified atom stereocenters. The second-order valence-corrected chi connectivity index (χ2v) is 6.72. The molecule has 60 valence electrons. The maximum atomic E-state index is 12.4. The van der Waals surface area contributed by atoms with Crippen LogP contribution >= 0.6 is 21.2 Å². The van der Waals surface area contributed by atoms with E-state index in [1.165, 1.54) is 39.4 Å². The lowest BCUT2D eigenvalue weighted by molar-refractivity contribution is 0.604. The van der Waals surface area contributed by atoms with Crippen molar-refractivity contribution >= 4 is 28.2 Å².